The number of amides is 2. The highest BCUT2D eigenvalue weighted by atomic mass is 16.6. The second-order valence-corrected chi connectivity index (χ2v) is 6.16. The summed E-state index contributed by atoms with van der Waals surface area (Å²) in [7, 11) is 3.14. The lowest BCUT2D eigenvalue weighted by molar-refractivity contribution is -0.383. The van der Waals surface area contributed by atoms with Crippen molar-refractivity contribution in [2.75, 3.05) is 14.1 Å². The number of non-ortho nitro benzene ring substituents is 1. The van der Waals surface area contributed by atoms with E-state index in [0.717, 1.165) is 0 Å². The van der Waals surface area contributed by atoms with Crippen molar-refractivity contribution < 1.29 is 14.8 Å². The number of hydrogen-bond donors (Lipinski definition) is 1. The van der Waals surface area contributed by atoms with Gasteiger partial charge in [-0.25, -0.2) is 4.79 Å². The normalized spacial score (nSPS) is 11.8. The minimum Gasteiger partial charge on any atom is -0.871 e. The van der Waals surface area contributed by atoms with E-state index in [1.807, 2.05) is 0 Å². The average molecular weight is 365 g/mol. The molecule has 1 aromatic heterocycles. The van der Waals surface area contributed by atoms with E-state index in [9.17, 15) is 20.0 Å². The van der Waals surface area contributed by atoms with Crippen molar-refractivity contribution in [3.63, 3.8) is 0 Å². The monoisotopic (exact) mass is 365 g/mol. The molecule has 0 aliphatic heterocycles. The first-order chi connectivity index (χ1) is 12.9. The first-order valence-corrected chi connectivity index (χ1v) is 8.16. The van der Waals surface area contributed by atoms with Gasteiger partial charge in [0.2, 0.25) is 0 Å². The molecule has 0 saturated carbocycles. The van der Waals surface area contributed by atoms with Crippen LogP contribution >= 0.6 is 0 Å². The molecular weight excluding hydrogens is 348 g/mol. The van der Waals surface area contributed by atoms with Crippen LogP contribution in [-0.2, 0) is 0 Å². The molecule has 1 unspecified atom stereocenters. The molecule has 2 amide bonds. The summed E-state index contributed by atoms with van der Waals surface area (Å²) >= 11 is 0. The van der Waals surface area contributed by atoms with Crippen molar-refractivity contribution in [1.82, 2.24) is 15.2 Å². The predicted molar refractivity (Wildman–Crippen MR) is 98.3 cm³/mol. The van der Waals surface area contributed by atoms with Gasteiger partial charge in [-0.2, -0.15) is 0 Å². The van der Waals surface area contributed by atoms with Crippen molar-refractivity contribution in [2.45, 2.75) is 6.04 Å². The van der Waals surface area contributed by atoms with Gasteiger partial charge in [-0.15, -0.1) is 0 Å². The van der Waals surface area contributed by atoms with Gasteiger partial charge in [0.05, 0.1) is 21.9 Å². The van der Waals surface area contributed by atoms with Crippen molar-refractivity contribution in [3.8, 4) is 5.75 Å². The smallest absolute Gasteiger partial charge is 0.317 e. The van der Waals surface area contributed by atoms with Crippen molar-refractivity contribution in [1.29, 1.82) is 0 Å². The number of nitro benzene ring substituents is 1. The zero-order valence-electron chi connectivity index (χ0n) is 14.7. The number of aromatic nitrogens is 1. The average Bonchev–Trinajstić information content (AvgIpc) is 2.67. The van der Waals surface area contributed by atoms with Crippen LogP contribution in [0.1, 0.15) is 17.2 Å². The number of benzene rings is 2. The Kier molecular flexibility index (Phi) is 4.89. The Bertz CT molecular complexity index is 1010. The minimum absolute atomic E-state index is 0.00160. The number of pyridine rings is 1. The Morgan fingerprint density at radius 2 is 1.89 bits per heavy atom. The van der Waals surface area contributed by atoms with E-state index in [4.69, 9.17) is 0 Å². The second-order valence-electron chi connectivity index (χ2n) is 6.16. The molecule has 0 fully saturated rings. The molecule has 0 radical (unpaired) electrons. The molecule has 138 valence electrons. The topological polar surface area (TPSA) is 111 Å². The molecule has 3 rings (SSSR count). The molecule has 1 atom stereocenters. The van der Waals surface area contributed by atoms with E-state index in [-0.39, 0.29) is 22.2 Å². The highest BCUT2D eigenvalue weighted by Gasteiger charge is 2.24. The van der Waals surface area contributed by atoms with E-state index in [1.54, 1.807) is 44.4 Å². The van der Waals surface area contributed by atoms with Crippen LogP contribution in [0.4, 0.5) is 10.5 Å². The third-order valence-corrected chi connectivity index (χ3v) is 4.17. The Morgan fingerprint density at radius 1 is 1.19 bits per heavy atom. The predicted octanol–water partition coefficient (Wildman–Crippen LogP) is 2.58. The van der Waals surface area contributed by atoms with Crippen molar-refractivity contribution in [3.05, 3.63) is 76.0 Å². The summed E-state index contributed by atoms with van der Waals surface area (Å²) in [4.78, 5) is 28.6. The number of carbonyl (C=O) groups excluding carboxylic acids is 1. The van der Waals surface area contributed by atoms with E-state index < -0.39 is 22.7 Å². The Morgan fingerprint density at radius 3 is 2.52 bits per heavy atom. The largest absolute Gasteiger partial charge is 0.871 e. The van der Waals surface area contributed by atoms with Crippen LogP contribution < -0.4 is 10.4 Å². The van der Waals surface area contributed by atoms with Crippen LogP contribution in [0.2, 0.25) is 0 Å². The molecular formula is C19H17N4O4-. The Balaban J connectivity index is 2.25. The maximum atomic E-state index is 13.0. The maximum absolute atomic E-state index is 13.0. The van der Waals surface area contributed by atoms with Crippen LogP contribution in [0.15, 0.2) is 54.7 Å². The van der Waals surface area contributed by atoms with Crippen LogP contribution in [0.25, 0.3) is 10.9 Å². The standard InChI is InChI=1S/C19H18N4O4/c1-22(2)19(25)21-16(12-7-4-3-5-8-12)14-11-15(23(26)27)13-9-6-10-20-17(13)18(14)24/h3-11,16,24H,1-2H3,(H,21,25)/p-1. The summed E-state index contributed by atoms with van der Waals surface area (Å²) in [5.41, 5.74) is 0.498. The lowest BCUT2D eigenvalue weighted by Gasteiger charge is -2.26. The summed E-state index contributed by atoms with van der Waals surface area (Å²) in [5.74, 6) is -0.455. The zero-order chi connectivity index (χ0) is 19.6. The van der Waals surface area contributed by atoms with Crippen molar-refractivity contribution in [2.24, 2.45) is 0 Å². The van der Waals surface area contributed by atoms with Gasteiger partial charge in [-0.05, 0) is 23.3 Å². The number of nitro groups is 1. The lowest BCUT2D eigenvalue weighted by Crippen LogP contribution is -2.37. The Labute approximate surface area is 155 Å². The van der Waals surface area contributed by atoms with Gasteiger partial charge in [0.25, 0.3) is 5.69 Å². The number of fused-ring (bicyclic) bond motifs is 1. The molecule has 27 heavy (non-hydrogen) atoms. The number of nitrogens with zero attached hydrogens (tertiary/aromatic N) is 3. The van der Waals surface area contributed by atoms with Gasteiger partial charge in [0, 0.05) is 26.4 Å². The molecule has 1 N–H and O–H groups in total. The van der Waals surface area contributed by atoms with E-state index in [2.05, 4.69) is 10.3 Å². The summed E-state index contributed by atoms with van der Waals surface area (Å²) in [6, 6.07) is 11.8. The van der Waals surface area contributed by atoms with E-state index in [0.29, 0.717) is 5.56 Å². The fraction of sp³-hybridized carbons (Fsp3) is 0.158. The zero-order valence-corrected chi connectivity index (χ0v) is 14.7. The fourth-order valence-corrected chi connectivity index (χ4v) is 2.82. The molecule has 8 nitrogen and oxygen atoms in total. The molecule has 3 aromatic rings. The van der Waals surface area contributed by atoms with Gasteiger partial charge >= 0.3 is 6.03 Å². The lowest BCUT2D eigenvalue weighted by atomic mass is 9.95. The molecule has 0 aliphatic rings. The second kappa shape index (κ2) is 7.28. The number of rotatable bonds is 4. The number of carbonyl (C=O) groups is 1. The van der Waals surface area contributed by atoms with Gasteiger partial charge in [0.15, 0.2) is 0 Å². The van der Waals surface area contributed by atoms with Crippen LogP contribution in [-0.4, -0.2) is 34.9 Å². The van der Waals surface area contributed by atoms with E-state index >= 15 is 0 Å². The molecule has 0 bridgehead atoms. The third kappa shape index (κ3) is 3.50. The highest BCUT2D eigenvalue weighted by molar-refractivity contribution is 5.93. The highest BCUT2D eigenvalue weighted by Crippen LogP contribution is 2.37. The first kappa shape index (κ1) is 18.1. The molecule has 0 aliphatic carbocycles. The molecule has 2 aromatic carbocycles. The van der Waals surface area contributed by atoms with Gasteiger partial charge in [0.1, 0.15) is 0 Å². The van der Waals surface area contributed by atoms with Gasteiger partial charge in [-0.3, -0.25) is 15.1 Å². The van der Waals surface area contributed by atoms with Crippen LogP contribution in [0, 0.1) is 10.1 Å². The minimum atomic E-state index is -0.848. The molecule has 0 spiro atoms. The first-order valence-electron chi connectivity index (χ1n) is 8.16. The molecule has 0 saturated heterocycles. The third-order valence-electron chi connectivity index (χ3n) is 4.17. The van der Waals surface area contributed by atoms with Crippen LogP contribution in [0.5, 0.6) is 5.75 Å². The number of nitrogens with one attached hydrogen (secondary N) is 1. The van der Waals surface area contributed by atoms with Crippen LogP contribution in [0.3, 0.4) is 0 Å². The van der Waals surface area contributed by atoms with Crippen molar-refractivity contribution >= 4 is 22.6 Å². The molecule has 1 heterocycles. The molecule has 8 heteroatoms. The Hall–Kier alpha value is -3.68. The summed E-state index contributed by atoms with van der Waals surface area (Å²) in [6.45, 7) is 0. The SMILES string of the molecule is CN(C)C(=O)NC(c1ccccc1)c1cc([N+](=O)[O-])c2cccnc2c1[O-]. The maximum Gasteiger partial charge on any atom is 0.317 e. The number of hydrogen-bond acceptors (Lipinski definition) is 5. The van der Waals surface area contributed by atoms with Gasteiger partial charge < -0.3 is 15.3 Å². The quantitative estimate of drug-likeness (QED) is 0.564. The fourth-order valence-electron chi connectivity index (χ4n) is 2.82. The number of urea groups is 1. The van der Waals surface area contributed by atoms with Gasteiger partial charge in [-0.1, -0.05) is 36.1 Å². The van der Waals surface area contributed by atoms with E-state index in [1.165, 1.54) is 29.3 Å². The summed E-state index contributed by atoms with van der Waals surface area (Å²) in [6.07, 6.45) is 1.41. The summed E-state index contributed by atoms with van der Waals surface area (Å²) in [5, 5.41) is 27.5. The summed E-state index contributed by atoms with van der Waals surface area (Å²) < 4.78 is 0.